The zero-order chi connectivity index (χ0) is 13.6. The summed E-state index contributed by atoms with van der Waals surface area (Å²) in [5.41, 5.74) is 5.59. The third-order valence-electron chi connectivity index (χ3n) is 3.29. The van der Waals surface area contributed by atoms with Gasteiger partial charge < -0.3 is 4.98 Å². The highest BCUT2D eigenvalue weighted by molar-refractivity contribution is 14.1. The second kappa shape index (κ2) is 4.80. The fourth-order valence-corrected chi connectivity index (χ4v) is 2.57. The summed E-state index contributed by atoms with van der Waals surface area (Å²) in [6.45, 7) is 4.21. The van der Waals surface area contributed by atoms with Crippen LogP contribution in [0.4, 0.5) is 0 Å². The molecule has 4 heteroatoms. The van der Waals surface area contributed by atoms with Crippen molar-refractivity contribution >= 4 is 45.2 Å². The summed E-state index contributed by atoms with van der Waals surface area (Å²) in [6.07, 6.45) is 0. The average molecular weight is 383 g/mol. The summed E-state index contributed by atoms with van der Waals surface area (Å²) in [4.78, 5) is 7.99. The molecule has 0 aliphatic carbocycles. The van der Waals surface area contributed by atoms with E-state index in [0.29, 0.717) is 0 Å². The van der Waals surface area contributed by atoms with Crippen LogP contribution in [0.3, 0.4) is 0 Å². The molecule has 2 nitrogen and oxygen atoms in total. The topological polar surface area (TPSA) is 28.7 Å². The van der Waals surface area contributed by atoms with Crippen LogP contribution in [0.1, 0.15) is 11.1 Å². The molecule has 2 aromatic carbocycles. The van der Waals surface area contributed by atoms with Crippen molar-refractivity contribution in [1.29, 1.82) is 0 Å². The van der Waals surface area contributed by atoms with E-state index in [2.05, 4.69) is 58.5 Å². The number of fused-ring (bicyclic) bond motifs is 1. The number of imidazole rings is 1. The van der Waals surface area contributed by atoms with Gasteiger partial charge in [-0.3, -0.25) is 0 Å². The summed E-state index contributed by atoms with van der Waals surface area (Å²) in [5, 5.41) is 0.755. The Morgan fingerprint density at radius 1 is 1.11 bits per heavy atom. The molecule has 0 fully saturated rings. The Morgan fingerprint density at radius 3 is 2.58 bits per heavy atom. The van der Waals surface area contributed by atoms with Crippen LogP contribution in [0, 0.1) is 17.4 Å². The summed E-state index contributed by atoms with van der Waals surface area (Å²) in [6, 6.07) is 10.2. The zero-order valence-corrected chi connectivity index (χ0v) is 13.5. The van der Waals surface area contributed by atoms with Gasteiger partial charge in [0.05, 0.1) is 16.1 Å². The number of benzene rings is 2. The van der Waals surface area contributed by atoms with E-state index in [0.717, 1.165) is 31.0 Å². The minimum Gasteiger partial charge on any atom is -0.338 e. The molecule has 1 aromatic heterocycles. The number of nitrogens with one attached hydrogen (secondary N) is 1. The van der Waals surface area contributed by atoms with Crippen molar-refractivity contribution < 1.29 is 0 Å². The second-order valence-electron chi connectivity index (χ2n) is 4.67. The van der Waals surface area contributed by atoms with E-state index >= 15 is 0 Å². The molecule has 0 amide bonds. The van der Waals surface area contributed by atoms with Crippen LogP contribution in [0.2, 0.25) is 5.02 Å². The van der Waals surface area contributed by atoms with Gasteiger partial charge in [-0.2, -0.15) is 0 Å². The molecule has 0 aliphatic rings. The van der Waals surface area contributed by atoms with Crippen molar-refractivity contribution in [2.45, 2.75) is 13.8 Å². The largest absolute Gasteiger partial charge is 0.338 e. The van der Waals surface area contributed by atoms with Crippen LogP contribution >= 0.6 is 34.2 Å². The number of hydrogen-bond donors (Lipinski definition) is 1. The summed E-state index contributed by atoms with van der Waals surface area (Å²) in [7, 11) is 0. The average Bonchev–Trinajstić information content (AvgIpc) is 2.76. The highest BCUT2D eigenvalue weighted by Crippen LogP contribution is 2.27. The number of nitrogens with zero attached hydrogens (tertiary/aromatic N) is 1. The lowest BCUT2D eigenvalue weighted by Crippen LogP contribution is -1.82. The SMILES string of the molecule is Cc1cc2nc(-c3ccc(I)c(Cl)c3)[nH]c2cc1C. The van der Waals surface area contributed by atoms with Crippen molar-refractivity contribution in [3.8, 4) is 11.4 Å². The third-order valence-corrected chi connectivity index (χ3v) is 4.86. The number of aromatic nitrogens is 2. The monoisotopic (exact) mass is 382 g/mol. The van der Waals surface area contributed by atoms with Gasteiger partial charge in [-0.15, -0.1) is 0 Å². The first-order valence-electron chi connectivity index (χ1n) is 5.97. The molecule has 1 N–H and O–H groups in total. The fraction of sp³-hybridized carbons (Fsp3) is 0.133. The molecule has 3 rings (SSSR count). The molecule has 0 atom stereocenters. The molecule has 0 radical (unpaired) electrons. The molecular weight excluding hydrogens is 371 g/mol. The maximum absolute atomic E-state index is 6.16. The maximum atomic E-state index is 6.16. The van der Waals surface area contributed by atoms with Crippen LogP contribution in [-0.4, -0.2) is 9.97 Å². The first-order valence-corrected chi connectivity index (χ1v) is 7.42. The van der Waals surface area contributed by atoms with E-state index in [1.165, 1.54) is 11.1 Å². The van der Waals surface area contributed by atoms with E-state index in [-0.39, 0.29) is 0 Å². The maximum Gasteiger partial charge on any atom is 0.138 e. The standard InChI is InChI=1S/C15H12ClIN2/c1-8-5-13-14(6-9(8)2)19-15(18-13)10-3-4-12(17)11(16)7-10/h3-7H,1-2H3,(H,18,19). The minimum absolute atomic E-state index is 0.755. The van der Waals surface area contributed by atoms with E-state index in [1.807, 2.05) is 18.2 Å². The van der Waals surface area contributed by atoms with E-state index < -0.39 is 0 Å². The highest BCUT2D eigenvalue weighted by Gasteiger charge is 2.08. The smallest absolute Gasteiger partial charge is 0.138 e. The fourth-order valence-electron chi connectivity index (χ4n) is 2.05. The first-order chi connectivity index (χ1) is 9.04. The molecule has 0 bridgehead atoms. The molecule has 0 spiro atoms. The molecule has 0 saturated heterocycles. The molecule has 0 aliphatic heterocycles. The van der Waals surface area contributed by atoms with Gasteiger partial charge in [0.2, 0.25) is 0 Å². The van der Waals surface area contributed by atoms with Gasteiger partial charge in [-0.25, -0.2) is 4.98 Å². The predicted molar refractivity (Wildman–Crippen MR) is 88.7 cm³/mol. The van der Waals surface area contributed by atoms with Gasteiger partial charge in [-0.05, 0) is 71.8 Å². The Balaban J connectivity index is 2.17. The number of H-pyrrole nitrogens is 1. The van der Waals surface area contributed by atoms with Crippen LogP contribution in [0.25, 0.3) is 22.4 Å². The van der Waals surface area contributed by atoms with Crippen LogP contribution < -0.4 is 0 Å². The van der Waals surface area contributed by atoms with E-state index in [4.69, 9.17) is 11.6 Å². The van der Waals surface area contributed by atoms with Gasteiger partial charge in [0.1, 0.15) is 5.82 Å². The zero-order valence-electron chi connectivity index (χ0n) is 10.6. The Bertz CT molecular complexity index is 738. The Labute approximate surface area is 130 Å². The number of hydrogen-bond acceptors (Lipinski definition) is 1. The highest BCUT2D eigenvalue weighted by atomic mass is 127. The van der Waals surface area contributed by atoms with Crippen LogP contribution in [-0.2, 0) is 0 Å². The molecule has 0 saturated carbocycles. The van der Waals surface area contributed by atoms with Gasteiger partial charge in [0.15, 0.2) is 0 Å². The lowest BCUT2D eigenvalue weighted by atomic mass is 10.1. The second-order valence-corrected chi connectivity index (χ2v) is 6.24. The lowest BCUT2D eigenvalue weighted by Gasteiger charge is -1.99. The number of aryl methyl sites for hydroxylation is 2. The molecule has 1 heterocycles. The number of rotatable bonds is 1. The summed E-state index contributed by atoms with van der Waals surface area (Å²) < 4.78 is 1.05. The quantitative estimate of drug-likeness (QED) is 0.583. The van der Waals surface area contributed by atoms with Crippen molar-refractivity contribution in [2.24, 2.45) is 0 Å². The third kappa shape index (κ3) is 2.37. The van der Waals surface area contributed by atoms with Crippen LogP contribution in [0.5, 0.6) is 0 Å². The molecule has 19 heavy (non-hydrogen) atoms. The lowest BCUT2D eigenvalue weighted by molar-refractivity contribution is 1.33. The van der Waals surface area contributed by atoms with Crippen molar-refractivity contribution in [2.75, 3.05) is 0 Å². The minimum atomic E-state index is 0.755. The van der Waals surface area contributed by atoms with E-state index in [9.17, 15) is 0 Å². The molecule has 96 valence electrons. The molecule has 3 aromatic rings. The van der Waals surface area contributed by atoms with Gasteiger partial charge in [0.25, 0.3) is 0 Å². The number of aromatic amines is 1. The van der Waals surface area contributed by atoms with Crippen molar-refractivity contribution in [3.63, 3.8) is 0 Å². The van der Waals surface area contributed by atoms with Gasteiger partial charge in [-0.1, -0.05) is 17.7 Å². The molecular formula is C15H12ClIN2. The number of halogens is 2. The summed E-state index contributed by atoms with van der Waals surface area (Å²) in [5.74, 6) is 0.860. The Morgan fingerprint density at radius 2 is 1.84 bits per heavy atom. The predicted octanol–water partition coefficient (Wildman–Crippen LogP) is 5.10. The van der Waals surface area contributed by atoms with Gasteiger partial charge >= 0.3 is 0 Å². The normalized spacial score (nSPS) is 11.2. The van der Waals surface area contributed by atoms with Crippen LogP contribution in [0.15, 0.2) is 30.3 Å². The first kappa shape index (κ1) is 12.9. The van der Waals surface area contributed by atoms with Crippen molar-refractivity contribution in [3.05, 3.63) is 50.1 Å². The Kier molecular flexibility index (Phi) is 3.27. The Hall–Kier alpha value is -1.07. The van der Waals surface area contributed by atoms with E-state index in [1.54, 1.807) is 0 Å². The van der Waals surface area contributed by atoms with Gasteiger partial charge in [0, 0.05) is 9.13 Å². The molecule has 0 unspecified atom stereocenters. The summed E-state index contributed by atoms with van der Waals surface area (Å²) >= 11 is 8.38. The van der Waals surface area contributed by atoms with Crippen molar-refractivity contribution in [1.82, 2.24) is 9.97 Å².